The predicted molar refractivity (Wildman–Crippen MR) is 150 cm³/mol. The van der Waals surface area contributed by atoms with Gasteiger partial charge in [-0.3, -0.25) is 10.4 Å². The number of nitrogens with two attached hydrogens (primary N) is 2. The first-order valence-electron chi connectivity index (χ1n) is 12.8. The molecule has 1 aliphatic carbocycles. The summed E-state index contributed by atoms with van der Waals surface area (Å²) in [5.74, 6) is 0.816. The Morgan fingerprint density at radius 1 is 1.22 bits per heavy atom. The van der Waals surface area contributed by atoms with Gasteiger partial charge in [-0.15, -0.1) is 0 Å². The highest BCUT2D eigenvalue weighted by Crippen LogP contribution is 2.30. The smallest absolute Gasteiger partial charge is 0.166 e. The maximum atomic E-state index is 8.29. The van der Waals surface area contributed by atoms with Crippen molar-refractivity contribution in [1.29, 1.82) is 10.8 Å². The number of piperazine rings is 1. The van der Waals surface area contributed by atoms with Crippen LogP contribution in [0.3, 0.4) is 0 Å². The van der Waals surface area contributed by atoms with Crippen LogP contribution in [0.25, 0.3) is 16.6 Å². The van der Waals surface area contributed by atoms with Crippen LogP contribution in [0.4, 0.5) is 5.82 Å². The zero-order valence-electron chi connectivity index (χ0n) is 21.1. The molecule has 192 valence electrons. The SMILES string of the molecule is CN1CCN(CCC[NH2+]/C=C(\C=N)c2cnc3ccc(N=C(N)SC(=N)C4CCCC4)nc3c2)CC1. The lowest BCUT2D eigenvalue weighted by Gasteiger charge is -2.32. The highest BCUT2D eigenvalue weighted by molar-refractivity contribution is 8.26. The molecule has 0 unspecified atom stereocenters. The van der Waals surface area contributed by atoms with E-state index in [-0.39, 0.29) is 0 Å². The van der Waals surface area contributed by atoms with Crippen molar-refractivity contribution in [3.8, 4) is 0 Å². The molecule has 10 heteroatoms. The lowest BCUT2D eigenvalue weighted by molar-refractivity contribution is -0.587. The van der Waals surface area contributed by atoms with Crippen molar-refractivity contribution in [1.82, 2.24) is 19.8 Å². The molecule has 6 N–H and O–H groups in total. The summed E-state index contributed by atoms with van der Waals surface area (Å²) < 4.78 is 0. The second-order valence-corrected chi connectivity index (χ2v) is 10.7. The van der Waals surface area contributed by atoms with Gasteiger partial charge in [0.05, 0.1) is 28.2 Å². The summed E-state index contributed by atoms with van der Waals surface area (Å²) in [5, 5.41) is 19.3. The van der Waals surface area contributed by atoms with E-state index in [4.69, 9.17) is 16.6 Å². The van der Waals surface area contributed by atoms with E-state index < -0.39 is 0 Å². The van der Waals surface area contributed by atoms with Crippen LogP contribution >= 0.6 is 11.8 Å². The van der Waals surface area contributed by atoms with E-state index in [9.17, 15) is 0 Å². The molecule has 9 nitrogen and oxygen atoms in total. The van der Waals surface area contributed by atoms with Crippen LogP contribution in [-0.2, 0) is 0 Å². The Morgan fingerprint density at radius 2 is 2.00 bits per heavy atom. The first-order chi connectivity index (χ1) is 17.5. The molecule has 1 saturated carbocycles. The Labute approximate surface area is 217 Å². The second-order valence-electron chi connectivity index (χ2n) is 9.62. The van der Waals surface area contributed by atoms with Crippen molar-refractivity contribution >= 4 is 50.6 Å². The number of nitrogens with zero attached hydrogens (tertiary/aromatic N) is 5. The van der Waals surface area contributed by atoms with Gasteiger partial charge in [0.1, 0.15) is 6.20 Å². The summed E-state index contributed by atoms with van der Waals surface area (Å²) in [5.41, 5.74) is 9.25. The van der Waals surface area contributed by atoms with Gasteiger partial charge in [-0.05, 0) is 49.9 Å². The molecule has 4 rings (SSSR count). The van der Waals surface area contributed by atoms with Crippen LogP contribution in [0, 0.1) is 16.7 Å². The molecule has 2 aliphatic rings. The molecule has 0 amide bonds. The fourth-order valence-electron chi connectivity index (χ4n) is 4.68. The Bertz CT molecular complexity index is 1120. The fourth-order valence-corrected chi connectivity index (χ4v) is 5.44. The normalized spacial score (nSPS) is 18.7. The van der Waals surface area contributed by atoms with Crippen molar-refractivity contribution in [3.63, 3.8) is 0 Å². The van der Waals surface area contributed by atoms with Gasteiger partial charge < -0.3 is 26.3 Å². The van der Waals surface area contributed by atoms with Gasteiger partial charge >= 0.3 is 0 Å². The number of aliphatic imine (C=N–C) groups is 1. The van der Waals surface area contributed by atoms with Crippen molar-refractivity contribution in [2.45, 2.75) is 32.1 Å². The van der Waals surface area contributed by atoms with Gasteiger partial charge in [0.15, 0.2) is 11.0 Å². The lowest BCUT2D eigenvalue weighted by Crippen LogP contribution is -2.78. The number of quaternary nitrogens is 1. The van der Waals surface area contributed by atoms with E-state index in [1.807, 2.05) is 18.3 Å². The number of likely N-dealkylation sites (N-methyl/N-ethyl adjacent to an activating group) is 1. The highest BCUT2D eigenvalue weighted by Gasteiger charge is 2.21. The van der Waals surface area contributed by atoms with E-state index in [0.717, 1.165) is 75.2 Å². The van der Waals surface area contributed by atoms with Gasteiger partial charge in [-0.2, -0.15) is 0 Å². The average molecular weight is 509 g/mol. The van der Waals surface area contributed by atoms with Crippen LogP contribution in [0.2, 0.25) is 0 Å². The van der Waals surface area contributed by atoms with Crippen LogP contribution in [0.1, 0.15) is 37.7 Å². The average Bonchev–Trinajstić information content (AvgIpc) is 3.42. The topological polar surface area (TPSA) is 135 Å². The number of allylic oxidation sites excluding steroid dienone is 1. The minimum atomic E-state index is 0.315. The van der Waals surface area contributed by atoms with Crippen LogP contribution in [0.15, 0.2) is 35.6 Å². The van der Waals surface area contributed by atoms with Crippen molar-refractivity contribution in [2.75, 3.05) is 46.3 Å². The molecule has 0 spiro atoms. The number of thioether (sulfide) groups is 1. The number of amidine groups is 1. The third-order valence-electron chi connectivity index (χ3n) is 6.92. The Kier molecular flexibility index (Phi) is 9.57. The number of hydrogen-bond donors (Lipinski definition) is 4. The van der Waals surface area contributed by atoms with E-state index in [0.29, 0.717) is 27.5 Å². The molecule has 0 bridgehead atoms. The third kappa shape index (κ3) is 7.42. The maximum absolute atomic E-state index is 8.29. The van der Waals surface area contributed by atoms with Gasteiger partial charge in [-0.25, -0.2) is 9.98 Å². The van der Waals surface area contributed by atoms with Crippen molar-refractivity contribution in [3.05, 3.63) is 36.2 Å². The molecule has 1 saturated heterocycles. The number of hydrogen-bond acceptors (Lipinski definition) is 8. The minimum absolute atomic E-state index is 0.315. The molecule has 1 aliphatic heterocycles. The Balaban J connectivity index is 1.36. The summed E-state index contributed by atoms with van der Waals surface area (Å²) in [6.07, 6.45) is 10.8. The molecule has 0 atom stereocenters. The summed E-state index contributed by atoms with van der Waals surface area (Å²) in [4.78, 5) is 18.5. The zero-order valence-corrected chi connectivity index (χ0v) is 21.9. The van der Waals surface area contributed by atoms with Gasteiger partial charge in [0.25, 0.3) is 0 Å². The maximum Gasteiger partial charge on any atom is 0.166 e. The molecule has 2 fully saturated rings. The highest BCUT2D eigenvalue weighted by atomic mass is 32.2. The summed E-state index contributed by atoms with van der Waals surface area (Å²) in [6, 6.07) is 5.62. The molecule has 0 aromatic carbocycles. The molecular formula is C26H38N9S+. The van der Waals surface area contributed by atoms with E-state index in [1.54, 1.807) is 12.3 Å². The van der Waals surface area contributed by atoms with E-state index in [1.165, 1.54) is 30.8 Å². The summed E-state index contributed by atoms with van der Waals surface area (Å²) >= 11 is 1.24. The van der Waals surface area contributed by atoms with Crippen molar-refractivity contribution < 1.29 is 5.32 Å². The summed E-state index contributed by atoms with van der Waals surface area (Å²) in [6.45, 7) is 6.68. The first kappa shape index (κ1) is 26.4. The molecule has 2 aromatic rings. The quantitative estimate of drug-likeness (QED) is 0.234. The van der Waals surface area contributed by atoms with Gasteiger partial charge in [0, 0.05) is 63.0 Å². The molecule has 36 heavy (non-hydrogen) atoms. The van der Waals surface area contributed by atoms with Gasteiger partial charge in [-0.1, -0.05) is 12.8 Å². The third-order valence-corrected chi connectivity index (χ3v) is 7.77. The molecule has 2 aromatic heterocycles. The van der Waals surface area contributed by atoms with E-state index in [2.05, 4.69) is 37.1 Å². The monoisotopic (exact) mass is 508 g/mol. The molecular weight excluding hydrogens is 470 g/mol. The second kappa shape index (κ2) is 13.0. The number of rotatable bonds is 9. The molecule has 3 heterocycles. The van der Waals surface area contributed by atoms with Gasteiger partial charge in [0.2, 0.25) is 0 Å². The first-order valence-corrected chi connectivity index (χ1v) is 13.7. The standard InChI is InChI=1S/C26H37N9S/c1-34-11-13-35(14-12-34)10-4-9-30-17-21(16-27)20-15-23-22(31-18-20)7-8-24(32-23)33-26(29)36-25(28)19-5-2-3-6-19/h7-8,15-19,27-28,30H,2-6,9-14H2,1H3,(H2,29,32,33)/p+1/b21-17+,27-16?,28-25?. The largest absolute Gasteiger partial charge is 0.378 e. The predicted octanol–water partition coefficient (Wildman–Crippen LogP) is 2.67. The van der Waals surface area contributed by atoms with Crippen LogP contribution < -0.4 is 11.1 Å². The Hall–Kier alpha value is -2.66. The lowest BCUT2D eigenvalue weighted by atomic mass is 10.1. The van der Waals surface area contributed by atoms with Crippen LogP contribution in [0.5, 0.6) is 0 Å². The molecule has 0 radical (unpaired) electrons. The zero-order chi connectivity index (χ0) is 25.3. The number of aromatic nitrogens is 2. The number of nitrogens with one attached hydrogen (secondary N) is 2. The fraction of sp³-hybridized carbons (Fsp3) is 0.500. The Morgan fingerprint density at radius 3 is 2.75 bits per heavy atom. The summed E-state index contributed by atoms with van der Waals surface area (Å²) in [7, 11) is 2.18. The van der Waals surface area contributed by atoms with Crippen LogP contribution in [-0.4, -0.2) is 82.5 Å². The number of pyridine rings is 2. The van der Waals surface area contributed by atoms with E-state index >= 15 is 0 Å². The minimum Gasteiger partial charge on any atom is -0.378 e. The van der Waals surface area contributed by atoms with Crippen molar-refractivity contribution in [2.24, 2.45) is 16.6 Å². The number of fused-ring (bicyclic) bond motifs is 1.